The van der Waals surface area contributed by atoms with E-state index in [1.54, 1.807) is 44.2 Å². The topological polar surface area (TPSA) is 137 Å². The molecule has 1 aliphatic rings. The Morgan fingerprint density at radius 3 is 2.53 bits per heavy atom. The molecule has 1 aromatic heterocycles. The van der Waals surface area contributed by atoms with Gasteiger partial charge in [-0.05, 0) is 18.2 Å². The molecule has 1 aliphatic heterocycles. The van der Waals surface area contributed by atoms with Gasteiger partial charge in [0.15, 0.2) is 18.4 Å². The van der Waals surface area contributed by atoms with Crippen LogP contribution in [0.2, 0.25) is 0 Å². The second-order valence-electron chi connectivity index (χ2n) is 6.78. The number of aromatic nitrogens is 2. The monoisotopic (exact) mass is 415 g/mol. The van der Waals surface area contributed by atoms with E-state index in [4.69, 9.17) is 9.47 Å². The molecule has 0 spiro atoms. The summed E-state index contributed by atoms with van der Waals surface area (Å²) in [6, 6.07) is 9.58. The lowest BCUT2D eigenvalue weighted by Crippen LogP contribution is -2.36. The number of rotatable bonds is 6. The van der Waals surface area contributed by atoms with Crippen molar-refractivity contribution >= 4 is 23.7 Å². The van der Waals surface area contributed by atoms with Gasteiger partial charge in [0.25, 0.3) is 0 Å². The van der Waals surface area contributed by atoms with E-state index in [1.165, 1.54) is 12.3 Å². The highest BCUT2D eigenvalue weighted by Crippen LogP contribution is 2.36. The molecule has 158 valence electrons. The molecule has 1 aromatic carbocycles. The average molecular weight is 415 g/mol. The predicted octanol–water partition coefficient (Wildman–Crippen LogP) is 1.44. The number of esters is 1. The first-order valence-corrected chi connectivity index (χ1v) is 9.35. The van der Waals surface area contributed by atoms with Crippen molar-refractivity contribution in [3.05, 3.63) is 58.6 Å². The molecule has 0 unspecified atom stereocenters. The molecule has 2 heterocycles. The molecule has 2 N–H and O–H groups in total. The lowest BCUT2D eigenvalue weighted by molar-refractivity contribution is -0.153. The zero-order valence-corrected chi connectivity index (χ0v) is 16.3. The number of amides is 1. The van der Waals surface area contributed by atoms with Crippen molar-refractivity contribution in [2.75, 3.05) is 5.32 Å². The second kappa shape index (κ2) is 8.87. The minimum Gasteiger partial charge on any atom is -0.479 e. The summed E-state index contributed by atoms with van der Waals surface area (Å²) >= 11 is 0. The van der Waals surface area contributed by atoms with Gasteiger partial charge in [0, 0.05) is 18.5 Å². The molecule has 30 heavy (non-hydrogen) atoms. The molecule has 1 saturated heterocycles. The number of carbonyl (C=O) groups excluding carboxylic acids is 2. The number of hydrogen-bond donors (Lipinski definition) is 2. The number of benzene rings is 1. The Hall–Kier alpha value is -3.53. The molecule has 10 heteroatoms. The van der Waals surface area contributed by atoms with Crippen molar-refractivity contribution < 1.29 is 29.0 Å². The number of carboxylic acid groups (broad SMARTS) is 1. The molecule has 10 nitrogen and oxygen atoms in total. The van der Waals surface area contributed by atoms with Crippen molar-refractivity contribution in [3.8, 4) is 0 Å². The van der Waals surface area contributed by atoms with Gasteiger partial charge in [-0.1, -0.05) is 32.0 Å². The predicted molar refractivity (Wildman–Crippen MR) is 104 cm³/mol. The Kier molecular flexibility index (Phi) is 6.26. The first-order valence-electron chi connectivity index (χ1n) is 9.35. The van der Waals surface area contributed by atoms with Crippen LogP contribution in [-0.2, 0) is 19.1 Å². The third-order valence-corrected chi connectivity index (χ3v) is 4.75. The third-order valence-electron chi connectivity index (χ3n) is 4.75. The highest BCUT2D eigenvalue weighted by molar-refractivity contribution is 5.90. The highest BCUT2D eigenvalue weighted by atomic mass is 16.6. The van der Waals surface area contributed by atoms with Crippen LogP contribution in [0, 0.1) is 5.92 Å². The maximum absolute atomic E-state index is 12.5. The average Bonchev–Trinajstić information content (AvgIpc) is 3.05. The van der Waals surface area contributed by atoms with Gasteiger partial charge in [-0.3, -0.25) is 9.36 Å². The van der Waals surface area contributed by atoms with Crippen molar-refractivity contribution in [1.29, 1.82) is 0 Å². The van der Waals surface area contributed by atoms with Crippen molar-refractivity contribution in [2.45, 2.75) is 38.7 Å². The van der Waals surface area contributed by atoms with Gasteiger partial charge in [-0.2, -0.15) is 4.98 Å². The van der Waals surface area contributed by atoms with Crippen LogP contribution in [0.5, 0.6) is 0 Å². The fourth-order valence-electron chi connectivity index (χ4n) is 3.13. The normalized spacial score (nSPS) is 23.0. The molecule has 1 fully saturated rings. The third kappa shape index (κ3) is 4.38. The number of nitrogens with one attached hydrogen (secondary N) is 1. The maximum atomic E-state index is 12.5. The Balaban J connectivity index is 1.90. The molecule has 4 atom stereocenters. The molecule has 0 bridgehead atoms. The van der Waals surface area contributed by atoms with Crippen LogP contribution in [0.4, 0.5) is 5.82 Å². The molecule has 1 amide bonds. The van der Waals surface area contributed by atoms with Gasteiger partial charge in [0.1, 0.15) is 5.82 Å². The number of ether oxygens (including phenoxy) is 2. The van der Waals surface area contributed by atoms with Gasteiger partial charge in [0.05, 0.1) is 5.56 Å². The molecular weight excluding hydrogens is 394 g/mol. The highest BCUT2D eigenvalue weighted by Gasteiger charge is 2.49. The summed E-state index contributed by atoms with van der Waals surface area (Å²) in [5, 5.41) is 11.9. The van der Waals surface area contributed by atoms with Crippen LogP contribution in [0.1, 0.15) is 36.9 Å². The van der Waals surface area contributed by atoms with E-state index >= 15 is 0 Å². The Morgan fingerprint density at radius 2 is 1.93 bits per heavy atom. The van der Waals surface area contributed by atoms with E-state index in [2.05, 4.69) is 10.3 Å². The molecule has 0 radical (unpaired) electrons. The Morgan fingerprint density at radius 1 is 1.23 bits per heavy atom. The fraction of sp³-hybridized carbons (Fsp3) is 0.350. The molecule has 0 aliphatic carbocycles. The number of hydrogen-bond acceptors (Lipinski definition) is 7. The van der Waals surface area contributed by atoms with E-state index in [-0.39, 0.29) is 23.7 Å². The van der Waals surface area contributed by atoms with Gasteiger partial charge >= 0.3 is 17.6 Å². The largest absolute Gasteiger partial charge is 0.479 e. The van der Waals surface area contributed by atoms with Gasteiger partial charge in [0.2, 0.25) is 5.91 Å². The number of carboxylic acids is 1. The van der Waals surface area contributed by atoms with E-state index in [0.29, 0.717) is 0 Å². The van der Waals surface area contributed by atoms with E-state index in [9.17, 15) is 24.3 Å². The standard InChI is InChI=1S/C20H21N3O7/c1-3-14(24)21-13-9-10-23(20(28)22-13)17-15(11(2)16(29-17)18(25)26)30-19(27)12-7-5-4-6-8-12/h4-11,15-17H,3H2,1-2H3,(H,25,26)(H,21,22,24,28)/t11-,15-,16-,17+/m0/s1. The van der Waals surface area contributed by atoms with E-state index < -0.39 is 42.0 Å². The van der Waals surface area contributed by atoms with Crippen LogP contribution in [-0.4, -0.2) is 44.7 Å². The summed E-state index contributed by atoms with van der Waals surface area (Å²) in [6.45, 7) is 3.22. The first kappa shape index (κ1) is 21.2. The smallest absolute Gasteiger partial charge is 0.351 e. The lowest BCUT2D eigenvalue weighted by Gasteiger charge is -2.22. The summed E-state index contributed by atoms with van der Waals surface area (Å²) < 4.78 is 12.1. The minimum absolute atomic E-state index is 0.0572. The Labute approximate surface area is 171 Å². The molecule has 0 saturated carbocycles. The number of carbonyl (C=O) groups is 3. The van der Waals surface area contributed by atoms with Crippen LogP contribution in [0.3, 0.4) is 0 Å². The summed E-state index contributed by atoms with van der Waals surface area (Å²) in [5.74, 6) is -2.89. The lowest BCUT2D eigenvalue weighted by atomic mass is 10.00. The number of aliphatic carboxylic acids is 1. The zero-order valence-electron chi connectivity index (χ0n) is 16.3. The summed E-state index contributed by atoms with van der Waals surface area (Å²) in [6.07, 6.45) is -1.99. The van der Waals surface area contributed by atoms with Crippen molar-refractivity contribution in [1.82, 2.24) is 9.55 Å². The van der Waals surface area contributed by atoms with Crippen molar-refractivity contribution in [3.63, 3.8) is 0 Å². The van der Waals surface area contributed by atoms with Crippen LogP contribution >= 0.6 is 0 Å². The minimum atomic E-state index is -1.28. The summed E-state index contributed by atoms with van der Waals surface area (Å²) in [5.41, 5.74) is -0.502. The first-order chi connectivity index (χ1) is 14.3. The molecular formula is C20H21N3O7. The summed E-state index contributed by atoms with van der Waals surface area (Å²) in [4.78, 5) is 51.9. The molecule has 2 aromatic rings. The quantitative estimate of drug-likeness (QED) is 0.676. The Bertz CT molecular complexity index is 1000. The second-order valence-corrected chi connectivity index (χ2v) is 6.78. The van der Waals surface area contributed by atoms with Gasteiger partial charge < -0.3 is 19.9 Å². The number of nitrogens with zero attached hydrogens (tertiary/aromatic N) is 2. The van der Waals surface area contributed by atoms with E-state index in [1.807, 2.05) is 0 Å². The van der Waals surface area contributed by atoms with Gasteiger partial charge in [-0.25, -0.2) is 14.4 Å². The van der Waals surface area contributed by atoms with Gasteiger partial charge in [-0.15, -0.1) is 0 Å². The zero-order chi connectivity index (χ0) is 21.8. The number of anilines is 1. The maximum Gasteiger partial charge on any atom is 0.351 e. The van der Waals surface area contributed by atoms with Crippen LogP contribution in [0.15, 0.2) is 47.4 Å². The van der Waals surface area contributed by atoms with Crippen molar-refractivity contribution in [2.24, 2.45) is 5.92 Å². The molecule has 3 rings (SSSR count). The van der Waals surface area contributed by atoms with Crippen LogP contribution < -0.4 is 11.0 Å². The SMILES string of the molecule is CCC(=O)Nc1ccn([C@@H]2O[C@H](C(=O)O)[C@@H](C)[C@@H]2OC(=O)c2ccccc2)c(=O)n1. The van der Waals surface area contributed by atoms with E-state index in [0.717, 1.165) is 4.57 Å². The fourth-order valence-corrected chi connectivity index (χ4v) is 3.13. The van der Waals surface area contributed by atoms with Crippen LogP contribution in [0.25, 0.3) is 0 Å². The summed E-state index contributed by atoms with van der Waals surface area (Å²) in [7, 11) is 0.